The van der Waals surface area contributed by atoms with Crippen LogP contribution in [0.15, 0.2) is 66.7 Å². The summed E-state index contributed by atoms with van der Waals surface area (Å²) in [6, 6.07) is 18.1. The second kappa shape index (κ2) is 11.0. The second-order valence-electron chi connectivity index (χ2n) is 7.94. The first kappa shape index (κ1) is 26.2. The van der Waals surface area contributed by atoms with E-state index in [2.05, 4.69) is 15.7 Å². The second-order valence-corrected chi connectivity index (χ2v) is 9.22. The molecule has 0 spiro atoms. The maximum Gasteiger partial charge on any atom is 0.322 e. The Labute approximate surface area is 226 Å². The molecule has 3 N–H and O–H groups in total. The van der Waals surface area contributed by atoms with E-state index in [0.717, 1.165) is 5.56 Å². The minimum atomic E-state index is -1.15. The van der Waals surface area contributed by atoms with Crippen LogP contribution in [0.3, 0.4) is 0 Å². The third-order valence-electron chi connectivity index (χ3n) is 5.40. The van der Waals surface area contributed by atoms with Crippen molar-refractivity contribution in [2.45, 2.75) is 6.92 Å². The van der Waals surface area contributed by atoms with Crippen LogP contribution in [0.25, 0.3) is 16.9 Å². The van der Waals surface area contributed by atoms with Gasteiger partial charge >= 0.3 is 5.97 Å². The number of carbonyl (C=O) groups is 3. The quantitative estimate of drug-likeness (QED) is 0.263. The predicted octanol–water partition coefficient (Wildman–Crippen LogP) is 5.87. The lowest BCUT2D eigenvalue weighted by molar-refractivity contribution is -0.135. The molecule has 4 rings (SSSR count). The highest BCUT2D eigenvalue weighted by Crippen LogP contribution is 2.33. The third-order valence-corrected chi connectivity index (χ3v) is 6.19. The zero-order chi connectivity index (χ0) is 26.7. The standard InChI is InChI=1S/C26H19Cl3N4O4/c1-14-23(26(37)31-19-9-4-16(5-10-19)25(36)30-13-22(34)35)32-33(21-11-8-18(28)12-20(21)29)24(14)15-2-6-17(27)7-3-15/h2-12H,13H2,1H3,(H,30,36)(H,31,37)(H,34,35). The number of carbonyl (C=O) groups excluding carboxylic acids is 2. The van der Waals surface area contributed by atoms with Gasteiger partial charge in [-0.2, -0.15) is 5.10 Å². The molecule has 3 aromatic carbocycles. The summed E-state index contributed by atoms with van der Waals surface area (Å²) in [4.78, 5) is 35.9. The van der Waals surface area contributed by atoms with Crippen LogP contribution in [-0.2, 0) is 4.79 Å². The molecule has 0 saturated carbocycles. The largest absolute Gasteiger partial charge is 0.480 e. The number of rotatable bonds is 7. The van der Waals surface area contributed by atoms with Crippen molar-refractivity contribution in [2.75, 3.05) is 11.9 Å². The average molecular weight is 558 g/mol. The van der Waals surface area contributed by atoms with E-state index < -0.39 is 24.3 Å². The molecular formula is C26H19Cl3N4O4. The number of hydrogen-bond donors (Lipinski definition) is 3. The number of benzene rings is 3. The van der Waals surface area contributed by atoms with Crippen LogP contribution in [0.4, 0.5) is 5.69 Å². The Kier molecular flexibility index (Phi) is 7.83. The fourth-order valence-corrected chi connectivity index (χ4v) is 4.25. The Morgan fingerprint density at radius 2 is 1.54 bits per heavy atom. The summed E-state index contributed by atoms with van der Waals surface area (Å²) in [5.41, 5.74) is 3.41. The van der Waals surface area contributed by atoms with E-state index in [1.54, 1.807) is 41.9 Å². The van der Waals surface area contributed by atoms with E-state index in [1.165, 1.54) is 24.3 Å². The molecule has 0 saturated heterocycles. The summed E-state index contributed by atoms with van der Waals surface area (Å²) in [6.45, 7) is 1.29. The first-order chi connectivity index (χ1) is 17.6. The number of amides is 2. The lowest BCUT2D eigenvalue weighted by Crippen LogP contribution is -2.29. The zero-order valence-electron chi connectivity index (χ0n) is 19.3. The third kappa shape index (κ3) is 5.94. The van der Waals surface area contributed by atoms with E-state index in [0.29, 0.717) is 37.7 Å². The Hall–Kier alpha value is -3.85. The Morgan fingerprint density at radius 1 is 0.892 bits per heavy atom. The molecule has 0 unspecified atom stereocenters. The number of carboxylic acid groups (broad SMARTS) is 1. The monoisotopic (exact) mass is 556 g/mol. The predicted molar refractivity (Wildman–Crippen MR) is 143 cm³/mol. The molecule has 37 heavy (non-hydrogen) atoms. The lowest BCUT2D eigenvalue weighted by Gasteiger charge is -2.11. The molecule has 0 atom stereocenters. The van der Waals surface area contributed by atoms with Gasteiger partial charge in [-0.3, -0.25) is 14.4 Å². The molecule has 8 nitrogen and oxygen atoms in total. The molecule has 0 fully saturated rings. The van der Waals surface area contributed by atoms with Crippen molar-refractivity contribution in [1.29, 1.82) is 0 Å². The average Bonchev–Trinajstić information content (AvgIpc) is 3.20. The van der Waals surface area contributed by atoms with Crippen LogP contribution in [0.1, 0.15) is 26.4 Å². The molecule has 0 aliphatic rings. The van der Waals surface area contributed by atoms with Gasteiger partial charge in [0.15, 0.2) is 5.69 Å². The van der Waals surface area contributed by atoms with E-state index in [-0.39, 0.29) is 11.3 Å². The smallest absolute Gasteiger partial charge is 0.322 e. The van der Waals surface area contributed by atoms with Crippen LogP contribution >= 0.6 is 34.8 Å². The summed E-state index contributed by atoms with van der Waals surface area (Å²) in [7, 11) is 0. The van der Waals surface area contributed by atoms with Crippen molar-refractivity contribution in [1.82, 2.24) is 15.1 Å². The van der Waals surface area contributed by atoms with Gasteiger partial charge in [0, 0.05) is 32.4 Å². The van der Waals surface area contributed by atoms with Crippen LogP contribution in [-0.4, -0.2) is 39.2 Å². The van der Waals surface area contributed by atoms with Crippen LogP contribution in [0.5, 0.6) is 0 Å². The van der Waals surface area contributed by atoms with Crippen LogP contribution < -0.4 is 10.6 Å². The normalized spacial score (nSPS) is 10.7. The van der Waals surface area contributed by atoms with Crippen molar-refractivity contribution >= 4 is 58.3 Å². The van der Waals surface area contributed by atoms with E-state index >= 15 is 0 Å². The summed E-state index contributed by atoms with van der Waals surface area (Å²) in [6.07, 6.45) is 0. The van der Waals surface area contributed by atoms with Gasteiger partial charge in [-0.05, 0) is 61.5 Å². The van der Waals surface area contributed by atoms with Gasteiger partial charge in [0.05, 0.1) is 16.4 Å². The maximum absolute atomic E-state index is 13.2. The first-order valence-electron chi connectivity index (χ1n) is 10.9. The molecular weight excluding hydrogens is 539 g/mol. The van der Waals surface area contributed by atoms with E-state index in [9.17, 15) is 14.4 Å². The lowest BCUT2D eigenvalue weighted by atomic mass is 10.1. The van der Waals surface area contributed by atoms with Crippen molar-refractivity contribution in [3.63, 3.8) is 0 Å². The highest BCUT2D eigenvalue weighted by Gasteiger charge is 2.23. The maximum atomic E-state index is 13.2. The number of halogens is 3. The Balaban J connectivity index is 1.67. The number of nitrogens with one attached hydrogen (secondary N) is 2. The van der Waals surface area contributed by atoms with Crippen molar-refractivity contribution < 1.29 is 19.5 Å². The number of anilines is 1. The van der Waals surface area contributed by atoms with Gasteiger partial charge in [-0.15, -0.1) is 0 Å². The van der Waals surface area contributed by atoms with Gasteiger partial charge in [-0.25, -0.2) is 4.68 Å². The van der Waals surface area contributed by atoms with Crippen molar-refractivity contribution in [3.8, 4) is 16.9 Å². The molecule has 1 heterocycles. The van der Waals surface area contributed by atoms with Gasteiger partial charge in [0.1, 0.15) is 6.54 Å². The van der Waals surface area contributed by atoms with Gasteiger partial charge < -0.3 is 15.7 Å². The number of hydrogen-bond acceptors (Lipinski definition) is 4. The summed E-state index contributed by atoms with van der Waals surface area (Å²) in [5.74, 6) is -2.16. The van der Waals surface area contributed by atoms with Crippen molar-refractivity contribution in [3.05, 3.63) is 98.6 Å². The molecule has 11 heteroatoms. The highest BCUT2D eigenvalue weighted by atomic mass is 35.5. The number of aliphatic carboxylic acids is 1. The summed E-state index contributed by atoms with van der Waals surface area (Å²) < 4.78 is 1.59. The fourth-order valence-electron chi connectivity index (χ4n) is 3.64. The summed E-state index contributed by atoms with van der Waals surface area (Å²) >= 11 is 18.6. The first-order valence-corrected chi connectivity index (χ1v) is 12.0. The molecule has 0 bridgehead atoms. The minimum absolute atomic E-state index is 0.166. The molecule has 1 aromatic heterocycles. The van der Waals surface area contributed by atoms with Gasteiger partial charge in [0.25, 0.3) is 11.8 Å². The van der Waals surface area contributed by atoms with E-state index in [4.69, 9.17) is 39.9 Å². The number of carboxylic acids is 1. The van der Waals surface area contributed by atoms with Crippen molar-refractivity contribution in [2.24, 2.45) is 0 Å². The van der Waals surface area contributed by atoms with Crippen LogP contribution in [0.2, 0.25) is 15.1 Å². The highest BCUT2D eigenvalue weighted by molar-refractivity contribution is 6.35. The van der Waals surface area contributed by atoms with E-state index in [1.807, 2.05) is 12.1 Å². The number of aromatic nitrogens is 2. The molecule has 0 aliphatic heterocycles. The Bertz CT molecular complexity index is 1500. The number of nitrogens with zero attached hydrogens (tertiary/aromatic N) is 2. The summed E-state index contributed by atoms with van der Waals surface area (Å²) in [5, 5.41) is 19.7. The molecule has 4 aromatic rings. The Morgan fingerprint density at radius 3 is 2.16 bits per heavy atom. The van der Waals surface area contributed by atoms with Crippen LogP contribution in [0, 0.1) is 6.92 Å². The molecule has 2 amide bonds. The van der Waals surface area contributed by atoms with Gasteiger partial charge in [0.2, 0.25) is 0 Å². The zero-order valence-corrected chi connectivity index (χ0v) is 21.5. The topological polar surface area (TPSA) is 113 Å². The molecule has 0 radical (unpaired) electrons. The SMILES string of the molecule is Cc1c(C(=O)Nc2ccc(C(=O)NCC(=O)O)cc2)nn(-c2ccc(Cl)cc2Cl)c1-c1ccc(Cl)cc1. The molecule has 188 valence electrons. The molecule has 0 aliphatic carbocycles. The minimum Gasteiger partial charge on any atom is -0.480 e. The van der Waals surface area contributed by atoms with Gasteiger partial charge in [-0.1, -0.05) is 46.9 Å². The fraction of sp³-hybridized carbons (Fsp3) is 0.0769.